The molecule has 1 amide bonds. The van der Waals surface area contributed by atoms with E-state index in [4.69, 9.17) is 18.0 Å². The van der Waals surface area contributed by atoms with Gasteiger partial charge in [0.2, 0.25) is 5.91 Å². The lowest BCUT2D eigenvalue weighted by molar-refractivity contribution is -0.120. The number of benzene rings is 1. The van der Waals surface area contributed by atoms with Gasteiger partial charge in [-0.1, -0.05) is 18.3 Å². The number of amides is 1. The van der Waals surface area contributed by atoms with Gasteiger partial charge in [-0.15, -0.1) is 11.8 Å². The van der Waals surface area contributed by atoms with Crippen LogP contribution in [0.3, 0.4) is 0 Å². The summed E-state index contributed by atoms with van der Waals surface area (Å²) in [5.74, 6) is 0.0351. The Labute approximate surface area is 123 Å². The van der Waals surface area contributed by atoms with Crippen molar-refractivity contribution < 1.29 is 4.79 Å². The molecule has 0 heterocycles. The Morgan fingerprint density at radius 2 is 2.21 bits per heavy atom. The van der Waals surface area contributed by atoms with Gasteiger partial charge in [0.25, 0.3) is 0 Å². The van der Waals surface area contributed by atoms with Gasteiger partial charge in [0, 0.05) is 35.7 Å². The first-order chi connectivity index (χ1) is 9.10. The molecule has 1 aromatic rings. The molecule has 104 valence electrons. The van der Waals surface area contributed by atoms with Crippen LogP contribution in [-0.4, -0.2) is 30.2 Å². The van der Waals surface area contributed by atoms with Gasteiger partial charge in [-0.05, 0) is 25.3 Å². The summed E-state index contributed by atoms with van der Waals surface area (Å²) in [5.41, 5.74) is 7.50. The molecule has 4 N–H and O–H groups in total. The Morgan fingerprint density at radius 3 is 2.79 bits per heavy atom. The number of carbonyl (C=O) groups excluding carboxylic acids is 1. The fraction of sp³-hybridized carbons (Fsp3) is 0.385. The molecule has 0 aliphatic rings. The van der Waals surface area contributed by atoms with Crippen LogP contribution in [0.15, 0.2) is 23.1 Å². The summed E-state index contributed by atoms with van der Waals surface area (Å²) in [5, 5.41) is 5.98. The minimum Gasteiger partial charge on any atom is -0.389 e. The molecule has 4 nitrogen and oxygen atoms in total. The minimum absolute atomic E-state index is 0.0351. The van der Waals surface area contributed by atoms with Crippen molar-refractivity contribution in [2.45, 2.75) is 18.2 Å². The van der Waals surface area contributed by atoms with Crippen molar-refractivity contribution in [1.29, 1.82) is 0 Å². The SMILES string of the molecule is CCNC(=O)CCNc1cccc(SC)c1C(N)=S. The maximum absolute atomic E-state index is 11.4. The third-order valence-electron chi connectivity index (χ3n) is 2.53. The average molecular weight is 297 g/mol. The van der Waals surface area contributed by atoms with Crippen molar-refractivity contribution in [1.82, 2.24) is 5.32 Å². The van der Waals surface area contributed by atoms with Crippen LogP contribution in [-0.2, 0) is 4.79 Å². The van der Waals surface area contributed by atoms with E-state index in [0.717, 1.165) is 16.1 Å². The van der Waals surface area contributed by atoms with E-state index in [1.165, 1.54) is 0 Å². The number of thiocarbonyl (C=S) groups is 1. The van der Waals surface area contributed by atoms with E-state index in [2.05, 4.69) is 10.6 Å². The van der Waals surface area contributed by atoms with Crippen molar-refractivity contribution in [3.05, 3.63) is 23.8 Å². The normalized spacial score (nSPS) is 10.0. The summed E-state index contributed by atoms with van der Waals surface area (Å²) in [4.78, 5) is 12.8. The average Bonchev–Trinajstić information content (AvgIpc) is 2.38. The Bertz CT molecular complexity index is 463. The maximum atomic E-state index is 11.4. The predicted molar refractivity (Wildman–Crippen MR) is 85.9 cm³/mol. The molecule has 1 rings (SSSR count). The van der Waals surface area contributed by atoms with Crippen molar-refractivity contribution in [2.24, 2.45) is 5.73 Å². The number of nitrogens with two attached hydrogens (primary N) is 1. The molecule has 0 radical (unpaired) electrons. The Balaban J connectivity index is 2.73. The van der Waals surface area contributed by atoms with Gasteiger partial charge in [-0.3, -0.25) is 4.79 Å². The van der Waals surface area contributed by atoms with Gasteiger partial charge in [0.15, 0.2) is 0 Å². The van der Waals surface area contributed by atoms with Crippen LogP contribution in [0.25, 0.3) is 0 Å². The molecule has 0 unspecified atom stereocenters. The summed E-state index contributed by atoms with van der Waals surface area (Å²) in [6, 6.07) is 5.85. The molecule has 0 saturated carbocycles. The van der Waals surface area contributed by atoms with E-state index in [0.29, 0.717) is 24.5 Å². The van der Waals surface area contributed by atoms with Gasteiger partial charge in [0.1, 0.15) is 4.99 Å². The second-order valence-corrected chi connectivity index (χ2v) is 5.17. The summed E-state index contributed by atoms with van der Waals surface area (Å²) in [6.45, 7) is 3.11. The summed E-state index contributed by atoms with van der Waals surface area (Å²) in [7, 11) is 0. The van der Waals surface area contributed by atoms with Gasteiger partial charge >= 0.3 is 0 Å². The number of nitrogens with one attached hydrogen (secondary N) is 2. The third-order valence-corrected chi connectivity index (χ3v) is 3.52. The lowest BCUT2D eigenvalue weighted by Crippen LogP contribution is -2.25. The van der Waals surface area contributed by atoms with Crippen LogP contribution in [0.2, 0.25) is 0 Å². The molecule has 0 saturated heterocycles. The van der Waals surface area contributed by atoms with Gasteiger partial charge in [-0.25, -0.2) is 0 Å². The van der Waals surface area contributed by atoms with Crippen molar-refractivity contribution in [3.63, 3.8) is 0 Å². The fourth-order valence-electron chi connectivity index (χ4n) is 1.70. The van der Waals surface area contributed by atoms with Crippen molar-refractivity contribution in [3.8, 4) is 0 Å². The highest BCUT2D eigenvalue weighted by atomic mass is 32.2. The standard InChI is InChI=1S/C13H19N3OS2/c1-3-15-11(17)7-8-16-9-5-4-6-10(19-2)12(9)13(14)18/h4-6,16H,3,7-8H2,1-2H3,(H2,14,18)(H,15,17). The maximum Gasteiger partial charge on any atom is 0.221 e. The van der Waals surface area contributed by atoms with E-state index in [1.807, 2.05) is 31.4 Å². The number of carbonyl (C=O) groups is 1. The number of thioether (sulfide) groups is 1. The molecule has 0 aliphatic heterocycles. The second-order valence-electron chi connectivity index (χ2n) is 3.88. The quantitative estimate of drug-likeness (QED) is 0.530. The number of hydrogen-bond acceptors (Lipinski definition) is 4. The first kappa shape index (κ1) is 15.8. The zero-order chi connectivity index (χ0) is 14.3. The molecule has 1 aromatic carbocycles. The highest BCUT2D eigenvalue weighted by molar-refractivity contribution is 7.98. The predicted octanol–water partition coefficient (Wildman–Crippen LogP) is 1.98. The van der Waals surface area contributed by atoms with Crippen LogP contribution in [0, 0.1) is 0 Å². The molecule has 0 fully saturated rings. The lowest BCUT2D eigenvalue weighted by atomic mass is 10.1. The zero-order valence-corrected chi connectivity index (χ0v) is 12.8. The first-order valence-corrected chi connectivity index (χ1v) is 7.70. The highest BCUT2D eigenvalue weighted by Gasteiger charge is 2.10. The van der Waals surface area contributed by atoms with E-state index in [-0.39, 0.29) is 5.91 Å². The molecule has 0 spiro atoms. The minimum atomic E-state index is 0.0351. The largest absolute Gasteiger partial charge is 0.389 e. The fourth-order valence-corrected chi connectivity index (χ4v) is 2.62. The van der Waals surface area contributed by atoms with Crippen LogP contribution >= 0.6 is 24.0 Å². The van der Waals surface area contributed by atoms with E-state index >= 15 is 0 Å². The molecule has 0 atom stereocenters. The molecular weight excluding hydrogens is 278 g/mol. The highest BCUT2D eigenvalue weighted by Crippen LogP contribution is 2.27. The van der Waals surface area contributed by atoms with E-state index < -0.39 is 0 Å². The molecule has 6 heteroatoms. The summed E-state index contributed by atoms with van der Waals surface area (Å²) >= 11 is 6.69. The van der Waals surface area contributed by atoms with Crippen molar-refractivity contribution in [2.75, 3.05) is 24.7 Å². The van der Waals surface area contributed by atoms with E-state index in [1.54, 1.807) is 11.8 Å². The molecule has 19 heavy (non-hydrogen) atoms. The van der Waals surface area contributed by atoms with Gasteiger partial charge in [0.05, 0.1) is 0 Å². The summed E-state index contributed by atoms with van der Waals surface area (Å²) in [6.07, 6.45) is 2.41. The smallest absolute Gasteiger partial charge is 0.221 e. The summed E-state index contributed by atoms with van der Waals surface area (Å²) < 4.78 is 0. The molecule has 0 aromatic heterocycles. The Kier molecular flexibility index (Phi) is 6.66. The van der Waals surface area contributed by atoms with Gasteiger partial charge < -0.3 is 16.4 Å². The van der Waals surface area contributed by atoms with Crippen molar-refractivity contribution >= 4 is 40.6 Å². The topological polar surface area (TPSA) is 67.2 Å². The Morgan fingerprint density at radius 1 is 1.47 bits per heavy atom. The Hall–Kier alpha value is -1.27. The molecule has 0 bridgehead atoms. The lowest BCUT2D eigenvalue weighted by Gasteiger charge is -2.14. The molecule has 0 aliphatic carbocycles. The first-order valence-electron chi connectivity index (χ1n) is 6.07. The number of anilines is 1. The third kappa shape index (κ3) is 4.72. The zero-order valence-electron chi connectivity index (χ0n) is 11.2. The van der Waals surface area contributed by atoms with Crippen LogP contribution < -0.4 is 16.4 Å². The van der Waals surface area contributed by atoms with Crippen LogP contribution in [0.4, 0.5) is 5.69 Å². The van der Waals surface area contributed by atoms with E-state index in [9.17, 15) is 4.79 Å². The van der Waals surface area contributed by atoms with Gasteiger partial charge in [-0.2, -0.15) is 0 Å². The number of hydrogen-bond donors (Lipinski definition) is 3. The van der Waals surface area contributed by atoms with Crippen LogP contribution in [0.5, 0.6) is 0 Å². The molecular formula is C13H19N3OS2. The number of rotatable bonds is 7. The van der Waals surface area contributed by atoms with Crippen LogP contribution in [0.1, 0.15) is 18.9 Å². The second kappa shape index (κ2) is 8.01. The monoisotopic (exact) mass is 297 g/mol.